The van der Waals surface area contributed by atoms with Gasteiger partial charge >= 0.3 is 5.91 Å². The molecule has 0 radical (unpaired) electrons. The van der Waals surface area contributed by atoms with Gasteiger partial charge in [0.25, 0.3) is 5.82 Å². The van der Waals surface area contributed by atoms with E-state index in [9.17, 15) is 4.79 Å². The number of hydrogen-bond donors (Lipinski definition) is 0. The molecule has 5 heteroatoms. The van der Waals surface area contributed by atoms with Crippen molar-refractivity contribution in [1.29, 1.82) is 0 Å². The van der Waals surface area contributed by atoms with Gasteiger partial charge in [0.1, 0.15) is 16.7 Å². The highest BCUT2D eigenvalue weighted by atomic mass is 32.1. The second-order valence-electron chi connectivity index (χ2n) is 6.94. The molecule has 0 saturated heterocycles. The van der Waals surface area contributed by atoms with Crippen molar-refractivity contribution in [3.05, 3.63) is 59.7 Å². The first-order valence-corrected chi connectivity index (χ1v) is 9.89. The number of quaternary nitrogens is 1. The van der Waals surface area contributed by atoms with E-state index in [2.05, 4.69) is 42.4 Å². The third-order valence-electron chi connectivity index (χ3n) is 5.16. The van der Waals surface area contributed by atoms with Crippen molar-refractivity contribution in [1.82, 2.24) is 14.5 Å². The molecule has 0 fully saturated rings. The second-order valence-corrected chi connectivity index (χ2v) is 7.80. The normalized spacial score (nSPS) is 20.0. The van der Waals surface area contributed by atoms with Crippen LogP contribution in [0.2, 0.25) is 0 Å². The maximum Gasteiger partial charge on any atom is 0.325 e. The minimum Gasteiger partial charge on any atom is -0.265 e. The van der Waals surface area contributed by atoms with Gasteiger partial charge in [-0.05, 0) is 38.8 Å². The fourth-order valence-electron chi connectivity index (χ4n) is 3.94. The number of aromatic nitrogens is 2. The molecule has 1 aliphatic rings. The molecule has 4 nitrogen and oxygen atoms in total. The van der Waals surface area contributed by atoms with E-state index in [0.29, 0.717) is 6.42 Å². The van der Waals surface area contributed by atoms with Crippen LogP contribution in [0.3, 0.4) is 0 Å². The molecule has 132 valence electrons. The van der Waals surface area contributed by atoms with E-state index in [1.54, 1.807) is 23.7 Å². The fraction of sp³-hybridized carbons (Fsp3) is 0.286. The fourth-order valence-corrected chi connectivity index (χ4v) is 4.80. The summed E-state index contributed by atoms with van der Waals surface area (Å²) in [7, 11) is 0. The Morgan fingerprint density at radius 2 is 1.85 bits per heavy atom. The highest BCUT2D eigenvalue weighted by molar-refractivity contribution is 7.13. The first-order chi connectivity index (χ1) is 12.6. The highest BCUT2D eigenvalue weighted by Gasteiger charge is 2.48. The molecule has 2 aromatic heterocycles. The number of carbonyl (C=O) groups excluding carboxylic acids is 1. The van der Waals surface area contributed by atoms with Crippen LogP contribution in [0.5, 0.6) is 0 Å². The van der Waals surface area contributed by atoms with Gasteiger partial charge in [0.15, 0.2) is 0 Å². The molecular weight excluding hydrogens is 342 g/mol. The maximum absolute atomic E-state index is 13.4. The Labute approximate surface area is 157 Å². The number of pyridine rings is 1. The first kappa shape index (κ1) is 17.1. The largest absolute Gasteiger partial charge is 0.325 e. The zero-order chi connectivity index (χ0) is 18.1. The summed E-state index contributed by atoms with van der Waals surface area (Å²) in [6.07, 6.45) is 5.96. The van der Waals surface area contributed by atoms with E-state index in [1.807, 2.05) is 18.2 Å². The van der Waals surface area contributed by atoms with E-state index >= 15 is 0 Å². The van der Waals surface area contributed by atoms with E-state index in [1.165, 1.54) is 5.56 Å². The summed E-state index contributed by atoms with van der Waals surface area (Å²) in [4.78, 5) is 22.4. The number of thiazole rings is 1. The van der Waals surface area contributed by atoms with Crippen molar-refractivity contribution in [3.8, 4) is 10.6 Å². The number of fused-ring (bicyclic) bond motifs is 1. The standard InChI is InChI=1S/C21H22N3OS/c1-15(2)24(18-8-4-3-6-16(18)7-5-9-20(24)25)19-14-26-21(23-19)17-10-12-22-13-11-17/h3-4,6,8,10-15H,5,7,9H2,1-2H3/q+1. The summed E-state index contributed by atoms with van der Waals surface area (Å²) >= 11 is 1.59. The van der Waals surface area contributed by atoms with Crippen LogP contribution in [0.4, 0.5) is 11.5 Å². The van der Waals surface area contributed by atoms with Gasteiger partial charge in [0.2, 0.25) is 0 Å². The van der Waals surface area contributed by atoms with Gasteiger partial charge in [-0.15, -0.1) is 11.3 Å². The number of rotatable bonds is 3. The third kappa shape index (κ3) is 2.59. The van der Waals surface area contributed by atoms with Gasteiger partial charge in [0.05, 0.1) is 11.8 Å². The molecule has 0 bridgehead atoms. The lowest BCUT2D eigenvalue weighted by molar-refractivity contribution is -0.128. The average Bonchev–Trinajstić information content (AvgIpc) is 3.08. The molecule has 0 aliphatic carbocycles. The number of amides is 1. The summed E-state index contributed by atoms with van der Waals surface area (Å²) in [6, 6.07) is 12.3. The minimum absolute atomic E-state index is 0.0779. The smallest absolute Gasteiger partial charge is 0.265 e. The minimum atomic E-state index is 0.0779. The number of para-hydroxylation sites is 1. The number of carbonyl (C=O) groups is 1. The topological polar surface area (TPSA) is 42.9 Å². The van der Waals surface area contributed by atoms with Crippen molar-refractivity contribution in [2.75, 3.05) is 0 Å². The molecule has 4 rings (SSSR count). The van der Waals surface area contributed by atoms with Crippen molar-refractivity contribution in [2.45, 2.75) is 39.2 Å². The Bertz CT molecular complexity index is 935. The van der Waals surface area contributed by atoms with Crippen LogP contribution in [-0.2, 0) is 11.2 Å². The molecule has 1 aromatic carbocycles. The van der Waals surface area contributed by atoms with Crippen molar-refractivity contribution < 1.29 is 4.79 Å². The number of nitrogens with zero attached hydrogens (tertiary/aromatic N) is 3. The van der Waals surface area contributed by atoms with E-state index in [0.717, 1.165) is 34.9 Å². The van der Waals surface area contributed by atoms with Crippen molar-refractivity contribution in [3.63, 3.8) is 0 Å². The molecule has 1 amide bonds. The highest BCUT2D eigenvalue weighted by Crippen LogP contribution is 2.44. The summed E-state index contributed by atoms with van der Waals surface area (Å²) in [5.74, 6) is 1.06. The van der Waals surface area contributed by atoms with Gasteiger partial charge in [-0.1, -0.05) is 18.2 Å². The lowest BCUT2D eigenvalue weighted by Crippen LogP contribution is -2.54. The molecule has 1 aliphatic heterocycles. The lowest BCUT2D eigenvalue weighted by Gasteiger charge is -2.36. The van der Waals surface area contributed by atoms with Crippen LogP contribution >= 0.6 is 11.3 Å². The van der Waals surface area contributed by atoms with E-state index in [4.69, 9.17) is 4.98 Å². The Morgan fingerprint density at radius 3 is 2.62 bits per heavy atom. The van der Waals surface area contributed by atoms with Crippen LogP contribution in [0.25, 0.3) is 10.6 Å². The van der Waals surface area contributed by atoms with Crippen LogP contribution in [0, 0.1) is 0 Å². The van der Waals surface area contributed by atoms with Crippen molar-refractivity contribution >= 4 is 28.7 Å². The number of aryl methyl sites for hydroxylation is 1. The molecule has 1 unspecified atom stereocenters. The first-order valence-electron chi connectivity index (χ1n) is 9.01. The summed E-state index contributed by atoms with van der Waals surface area (Å²) in [5, 5.41) is 2.98. The Hall–Kier alpha value is -2.37. The monoisotopic (exact) mass is 364 g/mol. The maximum atomic E-state index is 13.4. The Kier molecular flexibility index (Phi) is 4.42. The van der Waals surface area contributed by atoms with Gasteiger partial charge in [-0.3, -0.25) is 4.98 Å². The Morgan fingerprint density at radius 1 is 1.08 bits per heavy atom. The van der Waals surface area contributed by atoms with E-state index < -0.39 is 0 Å². The molecule has 3 heterocycles. The molecule has 0 saturated carbocycles. The molecular formula is C21H22N3OS+. The summed E-state index contributed by atoms with van der Waals surface area (Å²) in [6.45, 7) is 4.23. The lowest BCUT2D eigenvalue weighted by atomic mass is 10.1. The average molecular weight is 364 g/mol. The summed E-state index contributed by atoms with van der Waals surface area (Å²) < 4.78 is 0.206. The van der Waals surface area contributed by atoms with Gasteiger partial charge in [-0.25, -0.2) is 4.79 Å². The number of hydrogen-bond acceptors (Lipinski definition) is 4. The van der Waals surface area contributed by atoms with Crippen LogP contribution in [0.15, 0.2) is 54.2 Å². The van der Waals surface area contributed by atoms with Crippen molar-refractivity contribution in [2.24, 2.45) is 0 Å². The zero-order valence-electron chi connectivity index (χ0n) is 15.1. The van der Waals surface area contributed by atoms with Crippen LogP contribution < -0.4 is 4.48 Å². The molecule has 3 aromatic rings. The summed E-state index contributed by atoms with van der Waals surface area (Å²) in [5.41, 5.74) is 3.37. The van der Waals surface area contributed by atoms with Gasteiger partial charge in [0, 0.05) is 29.6 Å². The molecule has 26 heavy (non-hydrogen) atoms. The molecule has 0 N–H and O–H groups in total. The quantitative estimate of drug-likeness (QED) is 0.606. The predicted molar refractivity (Wildman–Crippen MR) is 106 cm³/mol. The van der Waals surface area contributed by atoms with Gasteiger partial charge in [-0.2, -0.15) is 9.47 Å². The number of benzene rings is 1. The predicted octanol–water partition coefficient (Wildman–Crippen LogP) is 5.12. The van der Waals surface area contributed by atoms with Crippen LogP contribution in [0.1, 0.15) is 32.3 Å². The van der Waals surface area contributed by atoms with Gasteiger partial charge < -0.3 is 0 Å². The zero-order valence-corrected chi connectivity index (χ0v) is 15.9. The molecule has 1 atom stereocenters. The second kappa shape index (κ2) is 6.74. The SMILES string of the molecule is CC(C)[N+]1(c2csc(-c3ccncc3)n2)C(=O)CCCc2ccccc21. The third-order valence-corrected chi connectivity index (χ3v) is 6.04. The Balaban J connectivity index is 1.93. The molecule has 0 spiro atoms. The van der Waals surface area contributed by atoms with E-state index in [-0.39, 0.29) is 16.4 Å². The van der Waals surface area contributed by atoms with Crippen LogP contribution in [-0.4, -0.2) is 21.9 Å².